The van der Waals surface area contributed by atoms with Gasteiger partial charge in [0, 0.05) is 18.7 Å². The fourth-order valence-electron chi connectivity index (χ4n) is 3.37. The summed E-state index contributed by atoms with van der Waals surface area (Å²) in [5.74, 6) is 0.940. The molecule has 0 aliphatic heterocycles. The molecule has 2 aromatic carbocycles. The molecule has 150 valence electrons. The first-order valence-corrected chi connectivity index (χ1v) is 11.4. The van der Waals surface area contributed by atoms with Crippen LogP contribution in [-0.2, 0) is 0 Å². The largest absolute Gasteiger partial charge is 0.475 e. The maximum atomic E-state index is 6.38. The van der Waals surface area contributed by atoms with Crippen molar-refractivity contribution in [1.29, 1.82) is 0 Å². The number of thiazole rings is 1. The van der Waals surface area contributed by atoms with Crippen LogP contribution >= 0.6 is 11.3 Å². The lowest BCUT2D eigenvalue weighted by Crippen LogP contribution is -2.40. The van der Waals surface area contributed by atoms with Crippen molar-refractivity contribution in [3.05, 3.63) is 48.5 Å². The average molecular weight is 397 g/mol. The zero-order chi connectivity index (χ0) is 19.8. The zero-order valence-corrected chi connectivity index (χ0v) is 18.2. The van der Waals surface area contributed by atoms with E-state index in [9.17, 15) is 0 Å². The van der Waals surface area contributed by atoms with Gasteiger partial charge in [0.05, 0.1) is 10.2 Å². The van der Waals surface area contributed by atoms with Crippen LogP contribution in [0.1, 0.15) is 52.9 Å². The Kier molecular flexibility index (Phi) is 7.87. The van der Waals surface area contributed by atoms with Gasteiger partial charge in [-0.25, -0.2) is 4.98 Å². The zero-order valence-electron chi connectivity index (χ0n) is 17.4. The predicted molar refractivity (Wildman–Crippen MR) is 121 cm³/mol. The third kappa shape index (κ3) is 5.33. The second-order valence-corrected chi connectivity index (χ2v) is 8.27. The summed E-state index contributed by atoms with van der Waals surface area (Å²) in [7, 11) is 0. The smallest absolute Gasteiger partial charge is 0.152 e. The summed E-state index contributed by atoms with van der Waals surface area (Å²) in [5, 5.41) is 1.06. The Hall–Kier alpha value is -1.91. The van der Waals surface area contributed by atoms with Gasteiger partial charge in [0.15, 0.2) is 6.23 Å². The summed E-state index contributed by atoms with van der Waals surface area (Å²) in [6, 6.07) is 16.7. The van der Waals surface area contributed by atoms with Crippen molar-refractivity contribution in [1.82, 2.24) is 9.88 Å². The highest BCUT2D eigenvalue weighted by Crippen LogP contribution is 2.31. The molecule has 0 saturated carbocycles. The van der Waals surface area contributed by atoms with E-state index in [1.807, 2.05) is 6.07 Å². The summed E-state index contributed by atoms with van der Waals surface area (Å²) in [6.07, 6.45) is 6.02. The molecule has 3 aromatic rings. The molecular weight excluding hydrogens is 364 g/mol. The minimum absolute atomic E-state index is 0.145. The first-order valence-electron chi connectivity index (χ1n) is 10.6. The molecule has 3 nitrogen and oxygen atoms in total. The van der Waals surface area contributed by atoms with Crippen molar-refractivity contribution in [3.63, 3.8) is 0 Å². The van der Waals surface area contributed by atoms with E-state index in [0.717, 1.165) is 41.3 Å². The van der Waals surface area contributed by atoms with Gasteiger partial charge in [-0.05, 0) is 55.7 Å². The van der Waals surface area contributed by atoms with E-state index >= 15 is 0 Å². The van der Waals surface area contributed by atoms with Gasteiger partial charge in [0.25, 0.3) is 0 Å². The number of para-hydroxylation sites is 1. The minimum Gasteiger partial charge on any atom is -0.475 e. The second-order valence-electron chi connectivity index (χ2n) is 7.23. The summed E-state index contributed by atoms with van der Waals surface area (Å²) < 4.78 is 7.61. The first-order chi connectivity index (χ1) is 13.7. The van der Waals surface area contributed by atoms with Crippen molar-refractivity contribution >= 4 is 21.6 Å². The standard InChI is InChI=1S/C24H32N2OS/c1-4-7-17-26(18-8-5-2)23(6-3)27-20-15-13-19(14-16-20)24-25-21-11-9-10-12-22(21)28-24/h9-16,23H,4-8,17-18H2,1-3H3. The van der Waals surface area contributed by atoms with Crippen molar-refractivity contribution in [3.8, 4) is 16.3 Å². The molecule has 0 radical (unpaired) electrons. The molecule has 0 N–H and O–H groups in total. The molecular formula is C24H32N2OS. The van der Waals surface area contributed by atoms with Gasteiger partial charge < -0.3 is 4.74 Å². The number of aromatic nitrogens is 1. The minimum atomic E-state index is 0.145. The highest BCUT2D eigenvalue weighted by Gasteiger charge is 2.17. The third-order valence-electron chi connectivity index (χ3n) is 5.02. The van der Waals surface area contributed by atoms with Crippen LogP contribution in [0.25, 0.3) is 20.8 Å². The van der Waals surface area contributed by atoms with Crippen molar-refractivity contribution < 1.29 is 4.74 Å². The van der Waals surface area contributed by atoms with E-state index < -0.39 is 0 Å². The summed E-state index contributed by atoms with van der Waals surface area (Å²) in [6.45, 7) is 8.93. The number of unbranched alkanes of at least 4 members (excludes halogenated alkanes) is 2. The Morgan fingerprint density at radius 2 is 1.61 bits per heavy atom. The number of ether oxygens (including phenoxy) is 1. The summed E-state index contributed by atoms with van der Waals surface area (Å²) in [4.78, 5) is 7.26. The van der Waals surface area contributed by atoms with Crippen LogP contribution in [0.2, 0.25) is 0 Å². The fraction of sp³-hybridized carbons (Fsp3) is 0.458. The van der Waals surface area contributed by atoms with Crippen molar-refractivity contribution in [2.24, 2.45) is 0 Å². The van der Waals surface area contributed by atoms with Gasteiger partial charge in [-0.15, -0.1) is 11.3 Å². The third-order valence-corrected chi connectivity index (χ3v) is 6.11. The van der Waals surface area contributed by atoms with E-state index in [-0.39, 0.29) is 6.23 Å². The number of benzene rings is 2. The molecule has 0 fully saturated rings. The summed E-state index contributed by atoms with van der Waals surface area (Å²) in [5.41, 5.74) is 2.21. The van der Waals surface area contributed by atoms with Gasteiger partial charge in [-0.2, -0.15) is 0 Å². The van der Waals surface area contributed by atoms with Gasteiger partial charge >= 0.3 is 0 Å². The number of fused-ring (bicyclic) bond motifs is 1. The maximum absolute atomic E-state index is 6.38. The molecule has 1 unspecified atom stereocenters. The molecule has 1 aromatic heterocycles. The van der Waals surface area contributed by atoms with E-state index in [2.05, 4.69) is 68.1 Å². The topological polar surface area (TPSA) is 25.4 Å². The van der Waals surface area contributed by atoms with E-state index in [4.69, 9.17) is 9.72 Å². The Balaban J connectivity index is 1.70. The number of hydrogen-bond acceptors (Lipinski definition) is 4. The van der Waals surface area contributed by atoms with Gasteiger partial charge in [0.2, 0.25) is 0 Å². The Morgan fingerprint density at radius 1 is 0.929 bits per heavy atom. The van der Waals surface area contributed by atoms with E-state index in [1.165, 1.54) is 30.4 Å². The molecule has 3 rings (SSSR count). The quantitative estimate of drug-likeness (QED) is 0.327. The Morgan fingerprint density at radius 3 is 2.21 bits per heavy atom. The number of hydrogen-bond donors (Lipinski definition) is 0. The van der Waals surface area contributed by atoms with Crippen LogP contribution in [0.3, 0.4) is 0 Å². The van der Waals surface area contributed by atoms with Crippen LogP contribution < -0.4 is 4.74 Å². The normalized spacial score (nSPS) is 12.6. The Labute approximate surface area is 173 Å². The van der Waals surface area contributed by atoms with Crippen LogP contribution in [0.5, 0.6) is 5.75 Å². The van der Waals surface area contributed by atoms with Crippen LogP contribution in [-0.4, -0.2) is 29.2 Å². The van der Waals surface area contributed by atoms with Crippen molar-refractivity contribution in [2.75, 3.05) is 13.1 Å². The fourth-order valence-corrected chi connectivity index (χ4v) is 4.34. The number of rotatable bonds is 11. The molecule has 0 saturated heterocycles. The Bertz CT molecular complexity index is 802. The number of nitrogens with zero attached hydrogens (tertiary/aromatic N) is 2. The van der Waals surface area contributed by atoms with E-state index in [0.29, 0.717) is 0 Å². The lowest BCUT2D eigenvalue weighted by Gasteiger charge is -2.31. The molecule has 0 spiro atoms. The molecule has 0 aliphatic carbocycles. The van der Waals surface area contributed by atoms with Gasteiger partial charge in [-0.3, -0.25) is 4.90 Å². The highest BCUT2D eigenvalue weighted by molar-refractivity contribution is 7.21. The molecule has 28 heavy (non-hydrogen) atoms. The van der Waals surface area contributed by atoms with Crippen LogP contribution in [0.4, 0.5) is 0 Å². The van der Waals surface area contributed by atoms with Gasteiger partial charge in [0.1, 0.15) is 10.8 Å². The summed E-state index contributed by atoms with van der Waals surface area (Å²) >= 11 is 1.74. The van der Waals surface area contributed by atoms with Crippen molar-refractivity contribution in [2.45, 2.75) is 59.1 Å². The predicted octanol–water partition coefficient (Wildman–Crippen LogP) is 6.98. The first kappa shape index (κ1) is 20.8. The monoisotopic (exact) mass is 396 g/mol. The van der Waals surface area contributed by atoms with Crippen LogP contribution in [0, 0.1) is 0 Å². The molecule has 1 atom stereocenters. The molecule has 0 bridgehead atoms. The average Bonchev–Trinajstić information content (AvgIpc) is 3.17. The lowest BCUT2D eigenvalue weighted by molar-refractivity contribution is 0.0202. The molecule has 0 aliphatic rings. The second kappa shape index (κ2) is 10.6. The molecule has 0 amide bonds. The SMILES string of the molecule is CCCCN(CCCC)C(CC)Oc1ccc(-c2nc3ccccc3s2)cc1. The highest BCUT2D eigenvalue weighted by atomic mass is 32.1. The van der Waals surface area contributed by atoms with Crippen LogP contribution in [0.15, 0.2) is 48.5 Å². The molecule has 4 heteroatoms. The maximum Gasteiger partial charge on any atom is 0.152 e. The van der Waals surface area contributed by atoms with Gasteiger partial charge in [-0.1, -0.05) is 45.7 Å². The lowest BCUT2D eigenvalue weighted by atomic mass is 10.2. The molecule has 1 heterocycles. The van der Waals surface area contributed by atoms with E-state index in [1.54, 1.807) is 11.3 Å².